The van der Waals surface area contributed by atoms with E-state index in [2.05, 4.69) is 41.4 Å². The van der Waals surface area contributed by atoms with Gasteiger partial charge in [-0.3, -0.25) is 4.79 Å². The number of likely N-dealkylation sites (N-methyl/N-ethyl adjacent to an activating group) is 1. The van der Waals surface area contributed by atoms with Crippen molar-refractivity contribution in [3.05, 3.63) is 59.2 Å². The first-order chi connectivity index (χ1) is 12.0. The molecule has 1 amide bonds. The monoisotopic (exact) mass is 342 g/mol. The minimum Gasteiger partial charge on any atom is -0.493 e. The molecule has 5 heteroatoms. The van der Waals surface area contributed by atoms with Crippen LogP contribution in [0.5, 0.6) is 11.5 Å². The maximum atomic E-state index is 12.5. The van der Waals surface area contributed by atoms with Crippen molar-refractivity contribution in [3.8, 4) is 11.5 Å². The highest BCUT2D eigenvalue weighted by molar-refractivity contribution is 5.94. The number of benzene rings is 2. The predicted molar refractivity (Wildman–Crippen MR) is 99.5 cm³/mol. The van der Waals surface area contributed by atoms with Crippen molar-refractivity contribution in [2.24, 2.45) is 0 Å². The summed E-state index contributed by atoms with van der Waals surface area (Å²) >= 11 is 0. The third-order valence-corrected chi connectivity index (χ3v) is 4.19. The average molecular weight is 342 g/mol. The molecular weight excluding hydrogens is 316 g/mol. The van der Waals surface area contributed by atoms with Gasteiger partial charge in [-0.15, -0.1) is 0 Å². The van der Waals surface area contributed by atoms with E-state index in [4.69, 9.17) is 9.47 Å². The van der Waals surface area contributed by atoms with Crippen LogP contribution in [0.1, 0.15) is 27.5 Å². The largest absolute Gasteiger partial charge is 0.493 e. The SMILES string of the molecule is COc1ccc(C(=O)NCC(c2ccc(C)cc2)N(C)C)cc1OC. The first-order valence-electron chi connectivity index (χ1n) is 8.19. The van der Waals surface area contributed by atoms with Gasteiger partial charge in [-0.05, 0) is 44.8 Å². The molecular formula is C20H26N2O3. The Bertz CT molecular complexity index is 711. The van der Waals surface area contributed by atoms with Gasteiger partial charge in [0.2, 0.25) is 0 Å². The number of carbonyl (C=O) groups is 1. The summed E-state index contributed by atoms with van der Waals surface area (Å²) in [6, 6.07) is 13.6. The van der Waals surface area contributed by atoms with Crippen LogP contribution in [-0.4, -0.2) is 45.7 Å². The number of hydrogen-bond acceptors (Lipinski definition) is 4. The summed E-state index contributed by atoms with van der Waals surface area (Å²) < 4.78 is 10.5. The Morgan fingerprint density at radius 2 is 1.68 bits per heavy atom. The van der Waals surface area contributed by atoms with Crippen LogP contribution in [-0.2, 0) is 0 Å². The molecule has 134 valence electrons. The second-order valence-electron chi connectivity index (χ2n) is 6.17. The summed E-state index contributed by atoms with van der Waals surface area (Å²) in [5, 5.41) is 3.01. The summed E-state index contributed by atoms with van der Waals surface area (Å²) in [7, 11) is 7.14. The topological polar surface area (TPSA) is 50.8 Å². The molecule has 0 aliphatic heterocycles. The fourth-order valence-electron chi connectivity index (χ4n) is 2.66. The Morgan fingerprint density at radius 3 is 2.24 bits per heavy atom. The molecule has 2 aromatic rings. The molecule has 0 saturated heterocycles. The lowest BCUT2D eigenvalue weighted by Crippen LogP contribution is -2.34. The fourth-order valence-corrected chi connectivity index (χ4v) is 2.66. The first kappa shape index (κ1) is 18.8. The van der Waals surface area contributed by atoms with E-state index in [-0.39, 0.29) is 11.9 Å². The number of nitrogens with one attached hydrogen (secondary N) is 1. The van der Waals surface area contributed by atoms with E-state index >= 15 is 0 Å². The Balaban J connectivity index is 2.10. The molecule has 0 aliphatic carbocycles. The maximum Gasteiger partial charge on any atom is 0.251 e. The van der Waals surface area contributed by atoms with Gasteiger partial charge >= 0.3 is 0 Å². The van der Waals surface area contributed by atoms with Gasteiger partial charge in [0.05, 0.1) is 20.3 Å². The van der Waals surface area contributed by atoms with E-state index in [9.17, 15) is 4.79 Å². The lowest BCUT2D eigenvalue weighted by molar-refractivity contribution is 0.0941. The van der Waals surface area contributed by atoms with Crippen LogP contribution >= 0.6 is 0 Å². The number of aryl methyl sites for hydroxylation is 1. The normalized spacial score (nSPS) is 11.9. The molecule has 0 heterocycles. The van der Waals surface area contributed by atoms with Crippen molar-refractivity contribution in [2.45, 2.75) is 13.0 Å². The van der Waals surface area contributed by atoms with Crippen molar-refractivity contribution >= 4 is 5.91 Å². The van der Waals surface area contributed by atoms with Gasteiger partial charge in [0, 0.05) is 12.1 Å². The summed E-state index contributed by atoms with van der Waals surface area (Å²) in [5.74, 6) is 1.00. The molecule has 1 atom stereocenters. The van der Waals surface area contributed by atoms with Crippen LogP contribution in [0.2, 0.25) is 0 Å². The molecule has 0 bridgehead atoms. The summed E-state index contributed by atoms with van der Waals surface area (Å²) in [6.45, 7) is 2.58. The Kier molecular flexibility index (Phi) is 6.42. The van der Waals surface area contributed by atoms with Crippen LogP contribution in [0.4, 0.5) is 0 Å². The number of nitrogens with zero attached hydrogens (tertiary/aromatic N) is 1. The van der Waals surface area contributed by atoms with E-state index in [1.807, 2.05) is 14.1 Å². The van der Waals surface area contributed by atoms with Gasteiger partial charge in [-0.25, -0.2) is 0 Å². The first-order valence-corrected chi connectivity index (χ1v) is 8.19. The number of amides is 1. The molecule has 0 aliphatic rings. The quantitative estimate of drug-likeness (QED) is 0.840. The third kappa shape index (κ3) is 4.73. The lowest BCUT2D eigenvalue weighted by atomic mass is 10.0. The van der Waals surface area contributed by atoms with E-state index in [0.717, 1.165) is 0 Å². The number of carbonyl (C=O) groups excluding carboxylic acids is 1. The molecule has 1 unspecified atom stereocenters. The number of ether oxygens (including phenoxy) is 2. The highest BCUT2D eigenvalue weighted by Crippen LogP contribution is 2.27. The van der Waals surface area contributed by atoms with Crippen molar-refractivity contribution in [1.82, 2.24) is 10.2 Å². The van der Waals surface area contributed by atoms with E-state index in [1.54, 1.807) is 32.4 Å². The second-order valence-corrected chi connectivity index (χ2v) is 6.17. The molecule has 2 rings (SSSR count). The van der Waals surface area contributed by atoms with Gasteiger partial charge in [0.1, 0.15) is 0 Å². The van der Waals surface area contributed by atoms with Crippen LogP contribution in [0.15, 0.2) is 42.5 Å². The molecule has 0 aromatic heterocycles. The zero-order chi connectivity index (χ0) is 18.4. The highest BCUT2D eigenvalue weighted by Gasteiger charge is 2.17. The molecule has 25 heavy (non-hydrogen) atoms. The highest BCUT2D eigenvalue weighted by atomic mass is 16.5. The molecule has 0 saturated carbocycles. The third-order valence-electron chi connectivity index (χ3n) is 4.19. The van der Waals surface area contributed by atoms with Crippen LogP contribution in [0, 0.1) is 6.92 Å². The number of rotatable bonds is 7. The zero-order valence-corrected chi connectivity index (χ0v) is 15.5. The lowest BCUT2D eigenvalue weighted by Gasteiger charge is -2.25. The molecule has 0 fully saturated rings. The Morgan fingerprint density at radius 1 is 1.04 bits per heavy atom. The van der Waals surface area contributed by atoms with E-state index in [1.165, 1.54) is 11.1 Å². The van der Waals surface area contributed by atoms with Crippen LogP contribution < -0.4 is 14.8 Å². The summed E-state index contributed by atoms with van der Waals surface area (Å²) in [4.78, 5) is 14.6. The zero-order valence-electron chi connectivity index (χ0n) is 15.5. The smallest absolute Gasteiger partial charge is 0.251 e. The average Bonchev–Trinajstić information content (AvgIpc) is 2.62. The van der Waals surface area contributed by atoms with Gasteiger partial charge < -0.3 is 19.7 Å². The van der Waals surface area contributed by atoms with Crippen molar-refractivity contribution in [3.63, 3.8) is 0 Å². The molecule has 0 spiro atoms. The van der Waals surface area contributed by atoms with Crippen LogP contribution in [0.3, 0.4) is 0 Å². The maximum absolute atomic E-state index is 12.5. The van der Waals surface area contributed by atoms with Crippen LogP contribution in [0.25, 0.3) is 0 Å². The Hall–Kier alpha value is -2.53. The fraction of sp³-hybridized carbons (Fsp3) is 0.350. The van der Waals surface area contributed by atoms with Gasteiger partial charge in [-0.1, -0.05) is 29.8 Å². The molecule has 5 nitrogen and oxygen atoms in total. The van der Waals surface area contributed by atoms with Crippen molar-refractivity contribution in [2.75, 3.05) is 34.9 Å². The van der Waals surface area contributed by atoms with Crippen molar-refractivity contribution < 1.29 is 14.3 Å². The minimum atomic E-state index is -0.139. The van der Waals surface area contributed by atoms with E-state index in [0.29, 0.717) is 23.6 Å². The summed E-state index contributed by atoms with van der Waals surface area (Å²) in [6.07, 6.45) is 0. The van der Waals surface area contributed by atoms with Gasteiger partial charge in [0.15, 0.2) is 11.5 Å². The van der Waals surface area contributed by atoms with Gasteiger partial charge in [-0.2, -0.15) is 0 Å². The standard InChI is InChI=1S/C20H26N2O3/c1-14-6-8-15(9-7-14)17(22(2)3)13-21-20(23)16-10-11-18(24-4)19(12-16)25-5/h6-12,17H,13H2,1-5H3,(H,21,23). The summed E-state index contributed by atoms with van der Waals surface area (Å²) in [5.41, 5.74) is 2.93. The van der Waals surface area contributed by atoms with Crippen molar-refractivity contribution in [1.29, 1.82) is 0 Å². The van der Waals surface area contributed by atoms with E-state index < -0.39 is 0 Å². The molecule has 1 N–H and O–H groups in total. The molecule has 0 radical (unpaired) electrons. The second kappa shape index (κ2) is 8.53. The number of methoxy groups -OCH3 is 2. The Labute approximate surface area is 149 Å². The van der Waals surface area contributed by atoms with Gasteiger partial charge in [0.25, 0.3) is 5.91 Å². The number of hydrogen-bond donors (Lipinski definition) is 1. The minimum absolute atomic E-state index is 0.102. The molecule has 2 aromatic carbocycles. The predicted octanol–water partition coefficient (Wildman–Crippen LogP) is 3.04.